The van der Waals surface area contributed by atoms with Crippen LogP contribution < -0.4 is 10.9 Å². The molecule has 0 spiro atoms. The van der Waals surface area contributed by atoms with Crippen molar-refractivity contribution < 1.29 is 18.0 Å². The maximum atomic E-state index is 13.4. The smallest absolute Gasteiger partial charge is 0.270 e. The van der Waals surface area contributed by atoms with Gasteiger partial charge in [0.2, 0.25) is 0 Å². The molecule has 5 rings (SSSR count). The Balaban J connectivity index is 1.43. The summed E-state index contributed by atoms with van der Waals surface area (Å²) in [5.41, 5.74) is 1.39. The molecule has 1 aromatic heterocycles. The number of hydrogen-bond donors (Lipinski definition) is 1. The van der Waals surface area contributed by atoms with Gasteiger partial charge in [-0.25, -0.2) is 8.42 Å². The van der Waals surface area contributed by atoms with E-state index in [1.54, 1.807) is 35.2 Å². The van der Waals surface area contributed by atoms with Crippen molar-refractivity contribution in [3.8, 4) is 0 Å². The third-order valence-electron chi connectivity index (χ3n) is 7.10. The Labute approximate surface area is 202 Å². The minimum Gasteiger partial charge on any atom is -0.348 e. The Morgan fingerprint density at radius 1 is 1.15 bits per heavy atom. The summed E-state index contributed by atoms with van der Waals surface area (Å²) in [5.74, 6) is -0.687. The van der Waals surface area contributed by atoms with Crippen molar-refractivity contribution in [2.24, 2.45) is 0 Å². The fourth-order valence-corrected chi connectivity index (χ4v) is 6.00. The Kier molecular flexibility index (Phi) is 5.60. The number of hydrogen-bond acceptors (Lipinski definition) is 5. The molecule has 34 heavy (non-hydrogen) atoms. The number of pyridine rings is 1. The molecule has 0 saturated heterocycles. The van der Waals surface area contributed by atoms with Crippen LogP contribution in [0.1, 0.15) is 63.6 Å². The molecule has 0 radical (unpaired) electrons. The number of carbonyl (C=O) groups is 2. The van der Waals surface area contributed by atoms with Crippen LogP contribution >= 0.6 is 11.6 Å². The predicted molar refractivity (Wildman–Crippen MR) is 128 cm³/mol. The van der Waals surface area contributed by atoms with Crippen molar-refractivity contribution in [1.29, 1.82) is 0 Å². The standard InChI is InChI=1S/C24H26ClN3O5S/c1-34(32,33)24(8-9-24)14-27-10-11-28-20(23(27)31)18(16-4-5-16)12-19(22(28)30)21(29)26-13-15-2-6-17(25)7-3-15/h2-3,6-7,12,16H,4-5,8-11,13-14H2,1H3,(H,26,29). The van der Waals surface area contributed by atoms with Gasteiger partial charge >= 0.3 is 0 Å². The number of halogens is 1. The molecule has 1 aliphatic heterocycles. The Morgan fingerprint density at radius 2 is 1.82 bits per heavy atom. The number of sulfone groups is 1. The summed E-state index contributed by atoms with van der Waals surface area (Å²) < 4.78 is 25.0. The van der Waals surface area contributed by atoms with Crippen molar-refractivity contribution in [2.75, 3.05) is 19.3 Å². The van der Waals surface area contributed by atoms with Crippen LogP contribution in [0.3, 0.4) is 0 Å². The van der Waals surface area contributed by atoms with Crippen LogP contribution in [-0.4, -0.2) is 53.8 Å². The summed E-state index contributed by atoms with van der Waals surface area (Å²) in [5, 5.41) is 3.38. The number of amides is 2. The van der Waals surface area contributed by atoms with Gasteiger partial charge in [0, 0.05) is 37.5 Å². The van der Waals surface area contributed by atoms with Crippen LogP contribution in [0.4, 0.5) is 0 Å². The van der Waals surface area contributed by atoms with E-state index in [4.69, 9.17) is 11.6 Å². The molecule has 0 unspecified atom stereocenters. The van der Waals surface area contributed by atoms with Gasteiger partial charge in [0.25, 0.3) is 17.4 Å². The molecule has 3 aliphatic rings. The molecule has 180 valence electrons. The molecule has 2 saturated carbocycles. The average Bonchev–Trinajstić information content (AvgIpc) is 3.70. The molecule has 8 nitrogen and oxygen atoms in total. The van der Waals surface area contributed by atoms with E-state index in [9.17, 15) is 22.8 Å². The largest absolute Gasteiger partial charge is 0.348 e. The first-order valence-corrected chi connectivity index (χ1v) is 13.7. The van der Waals surface area contributed by atoms with Crippen LogP contribution in [0, 0.1) is 0 Å². The fourth-order valence-electron chi connectivity index (χ4n) is 4.64. The number of aromatic nitrogens is 1. The zero-order valence-electron chi connectivity index (χ0n) is 18.8. The van der Waals surface area contributed by atoms with Crippen molar-refractivity contribution in [3.63, 3.8) is 0 Å². The summed E-state index contributed by atoms with van der Waals surface area (Å²) in [7, 11) is -3.29. The fraction of sp³-hybridized carbons (Fsp3) is 0.458. The van der Waals surface area contributed by atoms with E-state index in [2.05, 4.69) is 5.32 Å². The lowest BCUT2D eigenvalue weighted by Gasteiger charge is -2.33. The lowest BCUT2D eigenvalue weighted by molar-refractivity contribution is 0.0693. The first kappa shape index (κ1) is 23.1. The highest BCUT2D eigenvalue weighted by molar-refractivity contribution is 7.92. The number of benzene rings is 1. The van der Waals surface area contributed by atoms with Crippen LogP contribution in [0.5, 0.6) is 0 Å². The lowest BCUT2D eigenvalue weighted by atomic mass is 10.0. The van der Waals surface area contributed by atoms with Crippen LogP contribution in [0.2, 0.25) is 5.02 Å². The second-order valence-corrected chi connectivity index (χ2v) is 12.4. The zero-order chi connectivity index (χ0) is 24.3. The highest BCUT2D eigenvalue weighted by Crippen LogP contribution is 2.45. The molecule has 2 aromatic rings. The van der Waals surface area contributed by atoms with E-state index in [1.165, 1.54) is 10.8 Å². The van der Waals surface area contributed by atoms with Gasteiger partial charge in [-0.05, 0) is 60.9 Å². The number of nitrogens with zero attached hydrogens (tertiary/aromatic N) is 2. The molecule has 0 bridgehead atoms. The first-order valence-electron chi connectivity index (χ1n) is 11.4. The highest BCUT2D eigenvalue weighted by atomic mass is 35.5. The lowest BCUT2D eigenvalue weighted by Crippen LogP contribution is -2.50. The second kappa shape index (κ2) is 8.23. The highest BCUT2D eigenvalue weighted by Gasteiger charge is 2.54. The van der Waals surface area contributed by atoms with Crippen LogP contribution in [0.15, 0.2) is 35.1 Å². The van der Waals surface area contributed by atoms with Gasteiger partial charge in [-0.15, -0.1) is 0 Å². The minimum absolute atomic E-state index is 0.0238. The first-order chi connectivity index (χ1) is 16.1. The molecule has 0 atom stereocenters. The molecule has 2 heterocycles. The maximum absolute atomic E-state index is 13.4. The van der Waals surface area contributed by atoms with E-state index < -0.39 is 26.1 Å². The molecule has 1 N–H and O–H groups in total. The van der Waals surface area contributed by atoms with E-state index in [0.29, 0.717) is 29.1 Å². The molecular formula is C24H26ClN3O5S. The summed E-state index contributed by atoms with van der Waals surface area (Å²) in [6, 6.07) is 8.63. The van der Waals surface area contributed by atoms with Crippen molar-refractivity contribution in [3.05, 3.63) is 68.1 Å². The molecule has 2 amide bonds. The quantitative estimate of drug-likeness (QED) is 0.624. The summed E-state index contributed by atoms with van der Waals surface area (Å²) >= 11 is 5.90. The van der Waals surface area contributed by atoms with E-state index in [0.717, 1.165) is 18.4 Å². The van der Waals surface area contributed by atoms with Crippen LogP contribution in [-0.2, 0) is 22.9 Å². The van der Waals surface area contributed by atoms with Crippen molar-refractivity contribution in [1.82, 2.24) is 14.8 Å². The monoisotopic (exact) mass is 503 g/mol. The molecule has 2 fully saturated rings. The van der Waals surface area contributed by atoms with E-state index in [1.807, 2.05) is 0 Å². The number of rotatable bonds is 7. The van der Waals surface area contributed by atoms with E-state index in [-0.39, 0.29) is 43.6 Å². The van der Waals surface area contributed by atoms with E-state index >= 15 is 0 Å². The van der Waals surface area contributed by atoms with Gasteiger partial charge < -0.3 is 14.8 Å². The molecule has 1 aromatic carbocycles. The number of carbonyl (C=O) groups excluding carboxylic acids is 2. The SMILES string of the molecule is CS(=O)(=O)C1(CN2CCn3c(c(C4CC4)cc(C(=O)NCc4ccc(Cl)cc4)c3=O)C2=O)CC1. The number of fused-ring (bicyclic) bond motifs is 1. The topological polar surface area (TPSA) is 106 Å². The second-order valence-electron chi connectivity index (χ2n) is 9.58. The van der Waals surface area contributed by atoms with Gasteiger partial charge in [-0.2, -0.15) is 0 Å². The predicted octanol–water partition coefficient (Wildman–Crippen LogP) is 2.34. The molecular weight excluding hydrogens is 478 g/mol. The van der Waals surface area contributed by atoms with Gasteiger partial charge in [0.15, 0.2) is 9.84 Å². The average molecular weight is 504 g/mol. The van der Waals surface area contributed by atoms with Crippen molar-refractivity contribution in [2.45, 2.75) is 49.4 Å². The number of nitrogens with one attached hydrogen (secondary N) is 1. The summed E-state index contributed by atoms with van der Waals surface area (Å²) in [6.07, 6.45) is 4.09. The summed E-state index contributed by atoms with van der Waals surface area (Å²) in [6.45, 7) is 0.864. The van der Waals surface area contributed by atoms with Gasteiger partial charge in [0.1, 0.15) is 11.3 Å². The summed E-state index contributed by atoms with van der Waals surface area (Å²) in [4.78, 5) is 41.2. The minimum atomic E-state index is -3.29. The Morgan fingerprint density at radius 3 is 2.41 bits per heavy atom. The third kappa shape index (κ3) is 4.15. The van der Waals surface area contributed by atoms with Crippen molar-refractivity contribution >= 4 is 33.3 Å². The zero-order valence-corrected chi connectivity index (χ0v) is 20.4. The Hall–Kier alpha value is -2.65. The van der Waals surface area contributed by atoms with Gasteiger partial charge in [-0.1, -0.05) is 23.7 Å². The maximum Gasteiger partial charge on any atom is 0.270 e. The van der Waals surface area contributed by atoms with Crippen LogP contribution in [0.25, 0.3) is 0 Å². The Bertz CT molecular complexity index is 1340. The van der Waals surface area contributed by atoms with Gasteiger partial charge in [-0.3, -0.25) is 14.4 Å². The van der Waals surface area contributed by atoms with Gasteiger partial charge in [0.05, 0.1) is 4.75 Å². The third-order valence-corrected chi connectivity index (χ3v) is 9.47. The molecule has 2 aliphatic carbocycles. The normalized spacial score (nSPS) is 19.0. The molecule has 10 heteroatoms.